The van der Waals surface area contributed by atoms with Gasteiger partial charge in [0.15, 0.2) is 0 Å². The molecule has 0 bridgehead atoms. The molecule has 0 radical (unpaired) electrons. The average molecular weight is 143 g/mol. The zero-order valence-corrected chi connectivity index (χ0v) is 6.85. The van der Waals surface area contributed by atoms with Crippen LogP contribution in [0, 0.1) is 0 Å². The highest BCUT2D eigenvalue weighted by molar-refractivity contribution is 5.02. The number of nitrogens with one attached hydrogen (secondary N) is 1. The Balaban J connectivity index is 2.23. The average Bonchev–Trinajstić information content (AvgIpc) is 2.47. The second-order valence-corrected chi connectivity index (χ2v) is 3.55. The fraction of sp³-hybridized carbons (Fsp3) is 1.00. The summed E-state index contributed by atoms with van der Waals surface area (Å²) in [5.74, 6) is 0. The molecular formula is C8H17NO. The summed E-state index contributed by atoms with van der Waals surface area (Å²) in [7, 11) is 0. The molecule has 10 heavy (non-hydrogen) atoms. The van der Waals surface area contributed by atoms with Crippen LogP contribution in [0.15, 0.2) is 0 Å². The van der Waals surface area contributed by atoms with Gasteiger partial charge in [-0.3, -0.25) is 0 Å². The minimum Gasteiger partial charge on any atom is -0.396 e. The van der Waals surface area contributed by atoms with Crippen LogP contribution >= 0.6 is 0 Å². The van der Waals surface area contributed by atoms with Crippen LogP contribution in [0.4, 0.5) is 0 Å². The lowest BCUT2D eigenvalue weighted by Gasteiger charge is -2.18. The van der Waals surface area contributed by atoms with Gasteiger partial charge in [0.2, 0.25) is 0 Å². The van der Waals surface area contributed by atoms with Crippen molar-refractivity contribution >= 4 is 0 Å². The van der Waals surface area contributed by atoms with Gasteiger partial charge in [0, 0.05) is 18.2 Å². The SMILES string of the molecule is CC(C)NC1(CCO)CC1. The zero-order chi connectivity index (χ0) is 7.61. The molecule has 2 N–H and O–H groups in total. The molecule has 1 aliphatic carbocycles. The molecule has 0 aromatic carbocycles. The standard InChI is InChI=1S/C8H17NO/c1-7(2)9-8(3-4-8)5-6-10/h7,9-10H,3-6H2,1-2H3. The molecule has 0 heterocycles. The third-order valence-electron chi connectivity index (χ3n) is 2.04. The molecule has 0 saturated heterocycles. The van der Waals surface area contributed by atoms with Crippen LogP contribution in [0.5, 0.6) is 0 Å². The predicted octanol–water partition coefficient (Wildman–Crippen LogP) is 0.899. The van der Waals surface area contributed by atoms with Crippen molar-refractivity contribution in [2.45, 2.75) is 44.7 Å². The van der Waals surface area contributed by atoms with Gasteiger partial charge < -0.3 is 10.4 Å². The molecule has 1 aliphatic rings. The molecule has 60 valence electrons. The highest BCUT2D eigenvalue weighted by Gasteiger charge is 2.41. The number of aliphatic hydroxyl groups excluding tert-OH is 1. The molecule has 0 amide bonds. The van der Waals surface area contributed by atoms with Crippen LogP contribution in [0.1, 0.15) is 33.1 Å². The van der Waals surface area contributed by atoms with E-state index in [0.717, 1.165) is 6.42 Å². The second-order valence-electron chi connectivity index (χ2n) is 3.55. The summed E-state index contributed by atoms with van der Waals surface area (Å²) in [5.41, 5.74) is 0.322. The Bertz CT molecular complexity index is 108. The molecule has 1 saturated carbocycles. The second kappa shape index (κ2) is 2.89. The first-order valence-electron chi connectivity index (χ1n) is 4.07. The van der Waals surface area contributed by atoms with Crippen LogP contribution in [0.3, 0.4) is 0 Å². The van der Waals surface area contributed by atoms with Gasteiger partial charge in [0.1, 0.15) is 0 Å². The van der Waals surface area contributed by atoms with Gasteiger partial charge in [-0.05, 0) is 19.3 Å². The van der Waals surface area contributed by atoms with Crippen LogP contribution in [-0.2, 0) is 0 Å². The summed E-state index contributed by atoms with van der Waals surface area (Å²) in [4.78, 5) is 0. The van der Waals surface area contributed by atoms with E-state index < -0.39 is 0 Å². The van der Waals surface area contributed by atoms with Crippen molar-refractivity contribution in [1.29, 1.82) is 0 Å². The van der Waals surface area contributed by atoms with Crippen molar-refractivity contribution in [3.8, 4) is 0 Å². The molecule has 0 unspecified atom stereocenters. The van der Waals surface area contributed by atoms with Crippen molar-refractivity contribution in [3.63, 3.8) is 0 Å². The van der Waals surface area contributed by atoms with Gasteiger partial charge in [-0.25, -0.2) is 0 Å². The van der Waals surface area contributed by atoms with Gasteiger partial charge in [0.25, 0.3) is 0 Å². The quantitative estimate of drug-likeness (QED) is 0.613. The lowest BCUT2D eigenvalue weighted by molar-refractivity contribution is 0.253. The molecule has 1 rings (SSSR count). The third-order valence-corrected chi connectivity index (χ3v) is 2.04. The summed E-state index contributed by atoms with van der Waals surface area (Å²) >= 11 is 0. The molecule has 0 aromatic heterocycles. The van der Waals surface area contributed by atoms with E-state index in [1.807, 2.05) is 0 Å². The Morgan fingerprint density at radius 2 is 2.10 bits per heavy atom. The molecule has 1 fully saturated rings. The molecule has 2 heteroatoms. The van der Waals surface area contributed by atoms with Crippen LogP contribution in [-0.4, -0.2) is 23.3 Å². The lowest BCUT2D eigenvalue weighted by Crippen LogP contribution is -2.37. The largest absolute Gasteiger partial charge is 0.396 e. The fourth-order valence-electron chi connectivity index (χ4n) is 1.44. The molecule has 0 spiro atoms. The van der Waals surface area contributed by atoms with Crippen molar-refractivity contribution in [2.75, 3.05) is 6.61 Å². The zero-order valence-electron chi connectivity index (χ0n) is 6.85. The van der Waals surface area contributed by atoms with Crippen molar-refractivity contribution in [2.24, 2.45) is 0 Å². The fourth-order valence-corrected chi connectivity index (χ4v) is 1.44. The van der Waals surface area contributed by atoms with E-state index in [9.17, 15) is 0 Å². The van der Waals surface area contributed by atoms with Crippen molar-refractivity contribution < 1.29 is 5.11 Å². The minimum atomic E-state index is 0.319. The Morgan fingerprint density at radius 1 is 1.50 bits per heavy atom. The first kappa shape index (κ1) is 8.02. The maximum Gasteiger partial charge on any atom is 0.0448 e. The van der Waals surface area contributed by atoms with Gasteiger partial charge in [-0.1, -0.05) is 13.8 Å². The summed E-state index contributed by atoms with van der Waals surface area (Å²) in [6.45, 7) is 4.62. The minimum absolute atomic E-state index is 0.319. The summed E-state index contributed by atoms with van der Waals surface area (Å²) < 4.78 is 0. The molecule has 0 aromatic rings. The van der Waals surface area contributed by atoms with Gasteiger partial charge >= 0.3 is 0 Å². The number of hydrogen-bond donors (Lipinski definition) is 2. The smallest absolute Gasteiger partial charge is 0.0448 e. The Labute approximate surface area is 62.6 Å². The van der Waals surface area contributed by atoms with E-state index in [4.69, 9.17) is 5.11 Å². The summed E-state index contributed by atoms with van der Waals surface area (Å²) in [6.07, 6.45) is 3.41. The lowest BCUT2D eigenvalue weighted by atomic mass is 10.1. The Morgan fingerprint density at radius 3 is 2.40 bits per heavy atom. The normalized spacial score (nSPS) is 21.6. The first-order chi connectivity index (χ1) is 4.68. The molecule has 0 aliphatic heterocycles. The van der Waals surface area contributed by atoms with E-state index in [2.05, 4.69) is 19.2 Å². The van der Waals surface area contributed by atoms with E-state index in [-0.39, 0.29) is 0 Å². The maximum absolute atomic E-state index is 8.71. The van der Waals surface area contributed by atoms with E-state index in [0.29, 0.717) is 18.2 Å². The molecular weight excluding hydrogens is 126 g/mol. The van der Waals surface area contributed by atoms with Crippen molar-refractivity contribution in [1.82, 2.24) is 5.32 Å². The topological polar surface area (TPSA) is 32.3 Å². The highest BCUT2D eigenvalue weighted by atomic mass is 16.3. The summed E-state index contributed by atoms with van der Waals surface area (Å²) in [5, 5.41) is 12.2. The predicted molar refractivity (Wildman–Crippen MR) is 41.9 cm³/mol. The Hall–Kier alpha value is -0.0800. The van der Waals surface area contributed by atoms with Crippen LogP contribution < -0.4 is 5.32 Å². The van der Waals surface area contributed by atoms with Crippen molar-refractivity contribution in [3.05, 3.63) is 0 Å². The maximum atomic E-state index is 8.71. The third kappa shape index (κ3) is 1.96. The Kier molecular flexibility index (Phi) is 2.32. The highest BCUT2D eigenvalue weighted by Crippen LogP contribution is 2.38. The van der Waals surface area contributed by atoms with E-state index in [1.165, 1.54) is 12.8 Å². The van der Waals surface area contributed by atoms with Crippen LogP contribution in [0.2, 0.25) is 0 Å². The van der Waals surface area contributed by atoms with E-state index >= 15 is 0 Å². The number of rotatable bonds is 4. The summed E-state index contributed by atoms with van der Waals surface area (Å²) in [6, 6.07) is 0.550. The number of aliphatic hydroxyl groups is 1. The van der Waals surface area contributed by atoms with Crippen LogP contribution in [0.25, 0.3) is 0 Å². The first-order valence-corrected chi connectivity index (χ1v) is 4.07. The molecule has 2 nitrogen and oxygen atoms in total. The van der Waals surface area contributed by atoms with Gasteiger partial charge in [0.05, 0.1) is 0 Å². The van der Waals surface area contributed by atoms with Gasteiger partial charge in [-0.2, -0.15) is 0 Å². The molecule has 0 atom stereocenters. The number of hydrogen-bond acceptors (Lipinski definition) is 2. The van der Waals surface area contributed by atoms with Gasteiger partial charge in [-0.15, -0.1) is 0 Å². The monoisotopic (exact) mass is 143 g/mol. The van der Waals surface area contributed by atoms with E-state index in [1.54, 1.807) is 0 Å².